The molecule has 40 heavy (non-hydrogen) atoms. The smallest absolute Gasteiger partial charge is 0.303 e. The number of aromatic amines is 1. The van der Waals surface area contributed by atoms with E-state index in [1.54, 1.807) is 24.3 Å². The Morgan fingerprint density at radius 3 is 2.45 bits per heavy atom. The van der Waals surface area contributed by atoms with E-state index in [0.717, 1.165) is 6.26 Å². The number of carbonyl (C=O) groups is 2. The number of halogens is 2. The lowest BCUT2D eigenvalue weighted by atomic mass is 10.1. The van der Waals surface area contributed by atoms with Gasteiger partial charge in [-0.25, -0.2) is 8.42 Å². The number of hydrogen-bond donors (Lipinski definition) is 2. The minimum absolute atomic E-state index is 0.0692. The van der Waals surface area contributed by atoms with E-state index in [0.29, 0.717) is 48.8 Å². The van der Waals surface area contributed by atoms with Crippen molar-refractivity contribution in [2.75, 3.05) is 32.4 Å². The zero-order valence-corrected chi connectivity index (χ0v) is 24.2. The summed E-state index contributed by atoms with van der Waals surface area (Å²) in [6, 6.07) is 9.81. The first kappa shape index (κ1) is 29.9. The Kier molecular flexibility index (Phi) is 9.40. The third-order valence-corrected chi connectivity index (χ3v) is 8.61. The lowest BCUT2D eigenvalue weighted by molar-refractivity contribution is -0.147. The van der Waals surface area contributed by atoms with Crippen molar-refractivity contribution in [3.63, 3.8) is 0 Å². The second kappa shape index (κ2) is 12.6. The summed E-state index contributed by atoms with van der Waals surface area (Å²) in [4.78, 5) is 41.3. The summed E-state index contributed by atoms with van der Waals surface area (Å²) in [5.41, 5.74) is 0.0227. The van der Waals surface area contributed by atoms with Crippen LogP contribution in [0.3, 0.4) is 0 Å². The summed E-state index contributed by atoms with van der Waals surface area (Å²) in [7, 11) is -3.68. The van der Waals surface area contributed by atoms with Crippen molar-refractivity contribution in [2.24, 2.45) is 0 Å². The number of sulfone groups is 1. The first-order valence-corrected chi connectivity index (χ1v) is 15.2. The van der Waals surface area contributed by atoms with E-state index in [1.165, 1.54) is 25.3 Å². The monoisotopic (exact) mass is 609 g/mol. The highest BCUT2D eigenvalue weighted by Crippen LogP contribution is 2.37. The number of rotatable bonds is 9. The van der Waals surface area contributed by atoms with Crippen LogP contribution in [0, 0.1) is 0 Å². The SMILES string of the molecule is CC(=O)OC(CNC(=O)c1c[nH]c(=O)c2ccccc12)CN1CCC(Oc2ccc(Cl)c(Cl)c2S(C)(=O)=O)CC1. The number of likely N-dealkylation sites (tertiary alicyclic amines) is 1. The highest BCUT2D eigenvalue weighted by Gasteiger charge is 2.28. The minimum Gasteiger partial charge on any atom is -0.489 e. The van der Waals surface area contributed by atoms with Gasteiger partial charge in [-0.15, -0.1) is 0 Å². The van der Waals surface area contributed by atoms with Crippen molar-refractivity contribution < 1.29 is 27.5 Å². The van der Waals surface area contributed by atoms with E-state index >= 15 is 0 Å². The van der Waals surface area contributed by atoms with E-state index < -0.39 is 27.8 Å². The molecule has 4 rings (SSSR count). The molecule has 1 aliphatic heterocycles. The Labute approximate surface area is 241 Å². The summed E-state index contributed by atoms with van der Waals surface area (Å²) in [5.74, 6) is -0.717. The van der Waals surface area contributed by atoms with Crippen LogP contribution in [0.2, 0.25) is 10.0 Å². The van der Waals surface area contributed by atoms with Crippen LogP contribution in [-0.2, 0) is 19.4 Å². The number of aromatic nitrogens is 1. The zero-order valence-electron chi connectivity index (χ0n) is 21.9. The van der Waals surface area contributed by atoms with E-state index in [-0.39, 0.29) is 38.9 Å². The normalized spacial score (nSPS) is 15.5. The standard InChI is InChI=1S/C27H29Cl2N3O7S/c1-16(33)38-18(13-30-27(35)21-14-31-26(34)20-6-4-3-5-19(20)21)15-32-11-9-17(10-12-32)39-23-8-7-22(28)24(29)25(23)40(2,36)37/h3-8,14,17-18H,9-13,15H2,1-2H3,(H,30,35)(H,31,34). The number of carbonyl (C=O) groups excluding carboxylic acids is 2. The molecular weight excluding hydrogens is 581 g/mol. The molecule has 2 N–H and O–H groups in total. The summed E-state index contributed by atoms with van der Waals surface area (Å²) in [6.45, 7) is 2.94. The number of nitrogens with one attached hydrogen (secondary N) is 2. The number of pyridine rings is 1. The maximum absolute atomic E-state index is 12.9. The lowest BCUT2D eigenvalue weighted by Gasteiger charge is -2.34. The molecule has 2 aromatic carbocycles. The van der Waals surface area contributed by atoms with Gasteiger partial charge in [0, 0.05) is 49.8 Å². The molecule has 10 nitrogen and oxygen atoms in total. The second-order valence-electron chi connectivity index (χ2n) is 9.60. The molecular formula is C27H29Cl2N3O7S. The summed E-state index contributed by atoms with van der Waals surface area (Å²) in [6.07, 6.45) is 2.73. The number of benzene rings is 2. The van der Waals surface area contributed by atoms with Crippen molar-refractivity contribution in [3.05, 3.63) is 68.6 Å². The number of nitrogens with zero attached hydrogens (tertiary/aromatic N) is 1. The van der Waals surface area contributed by atoms with Crippen molar-refractivity contribution in [1.82, 2.24) is 15.2 Å². The first-order chi connectivity index (χ1) is 18.9. The molecule has 1 saturated heterocycles. The van der Waals surface area contributed by atoms with Crippen LogP contribution in [-0.4, -0.2) is 74.8 Å². The van der Waals surface area contributed by atoms with Gasteiger partial charge in [-0.3, -0.25) is 19.3 Å². The molecule has 1 aliphatic rings. The number of hydrogen-bond acceptors (Lipinski definition) is 8. The van der Waals surface area contributed by atoms with Gasteiger partial charge >= 0.3 is 5.97 Å². The quantitative estimate of drug-likeness (QED) is 0.352. The molecule has 1 aromatic heterocycles. The predicted octanol–water partition coefficient (Wildman–Crippen LogP) is 3.44. The van der Waals surface area contributed by atoms with Crippen LogP contribution >= 0.6 is 23.2 Å². The van der Waals surface area contributed by atoms with E-state index in [2.05, 4.69) is 15.2 Å². The van der Waals surface area contributed by atoms with Crippen LogP contribution in [0.5, 0.6) is 5.75 Å². The van der Waals surface area contributed by atoms with Gasteiger partial charge in [0.25, 0.3) is 11.5 Å². The van der Waals surface area contributed by atoms with Gasteiger partial charge in [0.05, 0.1) is 22.2 Å². The molecule has 1 atom stereocenters. The number of ether oxygens (including phenoxy) is 2. The summed E-state index contributed by atoms with van der Waals surface area (Å²) < 4.78 is 36.1. The lowest BCUT2D eigenvalue weighted by Crippen LogP contribution is -2.46. The molecule has 0 bridgehead atoms. The van der Waals surface area contributed by atoms with Crippen molar-refractivity contribution in [2.45, 2.75) is 36.9 Å². The van der Waals surface area contributed by atoms with Gasteiger partial charge in [-0.1, -0.05) is 41.4 Å². The van der Waals surface area contributed by atoms with Gasteiger partial charge in [0.2, 0.25) is 0 Å². The Bertz CT molecular complexity index is 1580. The highest BCUT2D eigenvalue weighted by atomic mass is 35.5. The molecule has 1 amide bonds. The van der Waals surface area contributed by atoms with Crippen LogP contribution in [0.15, 0.2) is 52.3 Å². The maximum atomic E-state index is 12.9. The van der Waals surface area contributed by atoms with Crippen LogP contribution in [0.4, 0.5) is 0 Å². The fourth-order valence-corrected chi connectivity index (χ4v) is 6.41. The van der Waals surface area contributed by atoms with Gasteiger partial charge in [0.1, 0.15) is 22.9 Å². The number of amides is 1. The van der Waals surface area contributed by atoms with E-state index in [1.807, 2.05) is 0 Å². The highest BCUT2D eigenvalue weighted by molar-refractivity contribution is 7.91. The predicted molar refractivity (Wildman–Crippen MR) is 152 cm³/mol. The Hall–Kier alpha value is -3.12. The summed E-state index contributed by atoms with van der Waals surface area (Å²) in [5, 5.41) is 3.79. The third kappa shape index (κ3) is 7.14. The molecule has 2 heterocycles. The minimum atomic E-state index is -3.68. The fourth-order valence-electron chi connectivity index (χ4n) is 4.71. The Morgan fingerprint density at radius 1 is 1.12 bits per heavy atom. The third-order valence-electron chi connectivity index (χ3n) is 6.55. The topological polar surface area (TPSA) is 135 Å². The van der Waals surface area contributed by atoms with Crippen molar-refractivity contribution in [3.8, 4) is 5.75 Å². The van der Waals surface area contributed by atoms with Gasteiger partial charge in [0.15, 0.2) is 9.84 Å². The molecule has 13 heteroatoms. The first-order valence-electron chi connectivity index (χ1n) is 12.6. The van der Waals surface area contributed by atoms with E-state index in [9.17, 15) is 22.8 Å². The molecule has 3 aromatic rings. The maximum Gasteiger partial charge on any atom is 0.303 e. The van der Waals surface area contributed by atoms with Gasteiger partial charge < -0.3 is 19.8 Å². The number of esters is 1. The number of H-pyrrole nitrogens is 1. The fraction of sp³-hybridized carbons (Fsp3) is 0.370. The average molecular weight is 611 g/mol. The Balaban J connectivity index is 1.37. The zero-order chi connectivity index (χ0) is 29.0. The largest absolute Gasteiger partial charge is 0.489 e. The molecule has 1 unspecified atom stereocenters. The molecule has 214 valence electrons. The molecule has 0 aliphatic carbocycles. The summed E-state index contributed by atoms with van der Waals surface area (Å²) >= 11 is 12.2. The average Bonchev–Trinajstić information content (AvgIpc) is 2.89. The van der Waals surface area contributed by atoms with Crippen LogP contribution in [0.1, 0.15) is 30.1 Å². The number of fused-ring (bicyclic) bond motifs is 1. The van der Waals surface area contributed by atoms with Crippen LogP contribution < -0.4 is 15.6 Å². The van der Waals surface area contributed by atoms with Gasteiger partial charge in [-0.2, -0.15) is 0 Å². The van der Waals surface area contributed by atoms with Crippen molar-refractivity contribution >= 4 is 55.7 Å². The molecule has 0 saturated carbocycles. The van der Waals surface area contributed by atoms with E-state index in [4.69, 9.17) is 32.7 Å². The Morgan fingerprint density at radius 2 is 1.80 bits per heavy atom. The van der Waals surface area contributed by atoms with Crippen molar-refractivity contribution in [1.29, 1.82) is 0 Å². The molecule has 1 fully saturated rings. The molecule has 0 radical (unpaired) electrons. The number of piperidine rings is 1. The van der Waals surface area contributed by atoms with Gasteiger partial charge in [-0.05, 0) is 31.0 Å². The molecule has 0 spiro atoms. The second-order valence-corrected chi connectivity index (χ2v) is 12.3. The van der Waals surface area contributed by atoms with Crippen LogP contribution in [0.25, 0.3) is 10.8 Å².